The summed E-state index contributed by atoms with van der Waals surface area (Å²) in [5.41, 5.74) is 2.67. The fourth-order valence-corrected chi connectivity index (χ4v) is 3.43. The number of nitrogens with zero attached hydrogens (tertiary/aromatic N) is 2. The molecule has 0 aromatic heterocycles. The van der Waals surface area contributed by atoms with Gasteiger partial charge in [0.1, 0.15) is 5.75 Å². The highest BCUT2D eigenvalue weighted by Crippen LogP contribution is 2.31. The molecule has 1 unspecified atom stereocenters. The topological polar surface area (TPSA) is 52.7 Å². The van der Waals surface area contributed by atoms with Crippen LogP contribution < -0.4 is 5.43 Å². The average Bonchev–Trinajstić information content (AvgIpc) is 3.21. The molecule has 21 heavy (non-hydrogen) atoms. The van der Waals surface area contributed by atoms with Gasteiger partial charge in [-0.3, -0.25) is 19.4 Å². The molecule has 1 amide bonds. The quantitative estimate of drug-likeness (QED) is 0.555. The lowest BCUT2D eigenvalue weighted by atomic mass is 10.3. The largest absolute Gasteiger partial charge is 0.357 e. The molecular formula is C13H23N3O2S3. The Kier molecular flexibility index (Phi) is 7.69. The summed E-state index contributed by atoms with van der Waals surface area (Å²) in [5, 5.41) is 1.57. The van der Waals surface area contributed by atoms with Crippen molar-refractivity contribution in [3.8, 4) is 0 Å². The van der Waals surface area contributed by atoms with Crippen molar-refractivity contribution in [1.29, 1.82) is 0 Å². The van der Waals surface area contributed by atoms with E-state index < -0.39 is 10.8 Å². The Hall–Kier alpha value is -0.600. The lowest BCUT2D eigenvalue weighted by molar-refractivity contribution is -0.121. The molecule has 8 heteroatoms. The molecule has 1 rings (SSSR count). The van der Waals surface area contributed by atoms with Crippen molar-refractivity contribution < 1.29 is 9.00 Å². The Labute approximate surface area is 139 Å². The molecule has 0 radical (unpaired) electrons. The minimum absolute atomic E-state index is 0.0449. The maximum absolute atomic E-state index is 12.0. The number of rotatable bonds is 7. The third-order valence-corrected chi connectivity index (χ3v) is 5.45. The predicted octanol–water partition coefficient (Wildman–Crippen LogP) is 1.45. The minimum Gasteiger partial charge on any atom is -0.357 e. The smallest absolute Gasteiger partial charge is 0.251 e. The first-order chi connectivity index (χ1) is 9.85. The van der Waals surface area contributed by atoms with Crippen LogP contribution in [0.2, 0.25) is 0 Å². The van der Waals surface area contributed by atoms with Gasteiger partial charge in [0.05, 0.1) is 26.7 Å². The molecule has 120 valence electrons. The number of hydrogen-bond donors (Lipinski definition) is 1. The Bertz CT molecular complexity index is 438. The van der Waals surface area contributed by atoms with Gasteiger partial charge in [0.15, 0.2) is 0 Å². The number of amides is 1. The van der Waals surface area contributed by atoms with Crippen molar-refractivity contribution in [1.82, 2.24) is 15.3 Å². The molecule has 0 aromatic rings. The van der Waals surface area contributed by atoms with E-state index in [1.807, 2.05) is 14.0 Å². The maximum Gasteiger partial charge on any atom is 0.251 e. The second-order valence-electron chi connectivity index (χ2n) is 5.26. The van der Waals surface area contributed by atoms with Crippen LogP contribution in [0, 0.1) is 5.92 Å². The second-order valence-corrected chi connectivity index (χ2v) is 7.58. The Morgan fingerprint density at radius 1 is 1.33 bits per heavy atom. The van der Waals surface area contributed by atoms with E-state index in [2.05, 4.69) is 5.43 Å². The van der Waals surface area contributed by atoms with Crippen LogP contribution in [0.3, 0.4) is 0 Å². The summed E-state index contributed by atoms with van der Waals surface area (Å²) in [5.74, 6) is 0.363. The molecule has 1 fully saturated rings. The molecular weight excluding hydrogens is 326 g/mol. The first-order valence-electron chi connectivity index (χ1n) is 7.01. The van der Waals surface area contributed by atoms with Crippen molar-refractivity contribution >= 4 is 51.1 Å². The van der Waals surface area contributed by atoms with E-state index in [9.17, 15) is 9.00 Å². The standard InChI is InChI=1S/C13H23N3O2S3/c1-4-5-12(19)15(2)9-21(18)8-11(17)14-16(3)13(20)10-6-7-10/h10H,4-9H2,1-3H3,(H,14,17). The molecule has 1 saturated carbocycles. The Balaban J connectivity index is 2.31. The van der Waals surface area contributed by atoms with Gasteiger partial charge in [-0.1, -0.05) is 31.4 Å². The van der Waals surface area contributed by atoms with Crippen LogP contribution >= 0.6 is 24.4 Å². The minimum atomic E-state index is -1.27. The molecule has 0 spiro atoms. The summed E-state index contributed by atoms with van der Waals surface area (Å²) in [6, 6.07) is 0. The van der Waals surface area contributed by atoms with Gasteiger partial charge in [-0.2, -0.15) is 0 Å². The predicted molar refractivity (Wildman–Crippen MR) is 94.4 cm³/mol. The summed E-state index contributed by atoms with van der Waals surface area (Å²) in [6.07, 6.45) is 3.93. The van der Waals surface area contributed by atoms with Crippen LogP contribution in [0.25, 0.3) is 0 Å². The molecule has 1 atom stereocenters. The highest BCUT2D eigenvalue weighted by atomic mass is 32.2. The van der Waals surface area contributed by atoms with E-state index in [4.69, 9.17) is 24.4 Å². The molecule has 0 aliphatic heterocycles. The van der Waals surface area contributed by atoms with Gasteiger partial charge in [0.2, 0.25) is 0 Å². The first kappa shape index (κ1) is 18.4. The summed E-state index contributed by atoms with van der Waals surface area (Å²) >= 11 is 10.5. The van der Waals surface area contributed by atoms with Gasteiger partial charge in [-0.15, -0.1) is 0 Å². The van der Waals surface area contributed by atoms with Gasteiger partial charge in [0, 0.05) is 20.0 Å². The van der Waals surface area contributed by atoms with Crippen molar-refractivity contribution in [2.75, 3.05) is 25.7 Å². The second kappa shape index (κ2) is 8.75. The zero-order valence-corrected chi connectivity index (χ0v) is 15.2. The Morgan fingerprint density at radius 3 is 2.48 bits per heavy atom. The summed E-state index contributed by atoms with van der Waals surface area (Å²) in [4.78, 5) is 15.1. The third kappa shape index (κ3) is 6.80. The summed E-state index contributed by atoms with van der Waals surface area (Å²) in [7, 11) is 2.26. The van der Waals surface area contributed by atoms with Crippen LogP contribution in [0.4, 0.5) is 0 Å². The van der Waals surface area contributed by atoms with Gasteiger partial charge < -0.3 is 4.90 Å². The zero-order valence-electron chi connectivity index (χ0n) is 12.8. The molecule has 5 nitrogen and oxygen atoms in total. The Morgan fingerprint density at radius 2 is 1.95 bits per heavy atom. The van der Waals surface area contributed by atoms with Crippen molar-refractivity contribution in [2.24, 2.45) is 5.92 Å². The normalized spacial score (nSPS) is 15.2. The van der Waals surface area contributed by atoms with Crippen LogP contribution in [0.15, 0.2) is 0 Å². The fourth-order valence-electron chi connectivity index (χ4n) is 1.76. The monoisotopic (exact) mass is 349 g/mol. The molecule has 0 bridgehead atoms. The zero-order chi connectivity index (χ0) is 16.0. The van der Waals surface area contributed by atoms with E-state index in [0.717, 1.165) is 35.7 Å². The van der Waals surface area contributed by atoms with E-state index in [0.29, 0.717) is 5.92 Å². The van der Waals surface area contributed by atoms with Crippen LogP contribution in [-0.2, 0) is 15.6 Å². The average molecular weight is 350 g/mol. The molecule has 0 aromatic carbocycles. The SMILES string of the molecule is CCCC(=S)N(C)CS(=O)CC(=O)NN(C)C(=S)C1CC1. The van der Waals surface area contributed by atoms with Gasteiger partial charge in [-0.05, 0) is 25.7 Å². The maximum atomic E-state index is 12.0. The summed E-state index contributed by atoms with van der Waals surface area (Å²) < 4.78 is 12.0. The van der Waals surface area contributed by atoms with Crippen molar-refractivity contribution in [3.05, 3.63) is 0 Å². The number of hydrazine groups is 1. The number of hydrogen-bond acceptors (Lipinski definition) is 4. The fraction of sp³-hybridized carbons (Fsp3) is 0.769. The number of carbonyl (C=O) groups excluding carboxylic acids is 1. The lowest BCUT2D eigenvalue weighted by Crippen LogP contribution is -2.45. The van der Waals surface area contributed by atoms with Crippen LogP contribution in [-0.4, -0.2) is 55.7 Å². The highest BCUT2D eigenvalue weighted by molar-refractivity contribution is 7.85. The van der Waals surface area contributed by atoms with E-state index >= 15 is 0 Å². The summed E-state index contributed by atoms with van der Waals surface area (Å²) in [6.45, 7) is 2.04. The lowest BCUT2D eigenvalue weighted by Gasteiger charge is -2.22. The molecule has 1 aliphatic carbocycles. The number of carbonyl (C=O) groups is 1. The van der Waals surface area contributed by atoms with E-state index in [1.165, 1.54) is 0 Å². The van der Waals surface area contributed by atoms with Crippen molar-refractivity contribution in [2.45, 2.75) is 32.6 Å². The molecule has 0 saturated heterocycles. The van der Waals surface area contributed by atoms with Crippen LogP contribution in [0.1, 0.15) is 32.6 Å². The van der Waals surface area contributed by atoms with Gasteiger partial charge in [-0.25, -0.2) is 0 Å². The van der Waals surface area contributed by atoms with Gasteiger partial charge in [0.25, 0.3) is 5.91 Å². The first-order valence-corrected chi connectivity index (χ1v) is 9.31. The number of thiocarbonyl (C=S) groups is 2. The van der Waals surface area contributed by atoms with E-state index in [-0.39, 0.29) is 17.5 Å². The van der Waals surface area contributed by atoms with Crippen molar-refractivity contribution in [3.63, 3.8) is 0 Å². The molecule has 1 aliphatic rings. The third-order valence-electron chi connectivity index (χ3n) is 3.07. The van der Waals surface area contributed by atoms with Gasteiger partial charge >= 0.3 is 0 Å². The van der Waals surface area contributed by atoms with E-state index in [1.54, 1.807) is 17.0 Å². The molecule has 0 heterocycles. The molecule has 1 N–H and O–H groups in total. The highest BCUT2D eigenvalue weighted by Gasteiger charge is 2.29. The number of nitrogens with one attached hydrogen (secondary N) is 1. The van der Waals surface area contributed by atoms with Crippen LogP contribution in [0.5, 0.6) is 0 Å².